The second-order valence-electron chi connectivity index (χ2n) is 8.16. The van der Waals surface area contributed by atoms with Gasteiger partial charge in [0.05, 0.1) is 12.8 Å². The molecule has 1 saturated heterocycles. The van der Waals surface area contributed by atoms with Gasteiger partial charge in [-0.15, -0.1) is 0 Å². The van der Waals surface area contributed by atoms with E-state index in [-0.39, 0.29) is 12.3 Å². The zero-order chi connectivity index (χ0) is 22.1. The molecule has 1 aliphatic heterocycles. The number of esters is 1. The number of carbonyl (C=O) groups is 3. The summed E-state index contributed by atoms with van der Waals surface area (Å²) >= 11 is 0. The highest BCUT2D eigenvalue weighted by atomic mass is 33.1. The van der Waals surface area contributed by atoms with Gasteiger partial charge < -0.3 is 14.8 Å². The minimum absolute atomic E-state index is 0.0770. The fourth-order valence-electron chi connectivity index (χ4n) is 2.98. The van der Waals surface area contributed by atoms with Crippen molar-refractivity contribution in [3.63, 3.8) is 0 Å². The van der Waals surface area contributed by atoms with Crippen molar-refractivity contribution in [2.24, 2.45) is 0 Å². The van der Waals surface area contributed by atoms with Crippen LogP contribution in [0.2, 0.25) is 0 Å². The molecule has 30 heavy (non-hydrogen) atoms. The summed E-state index contributed by atoms with van der Waals surface area (Å²) in [6.45, 7) is 5.30. The number of aromatic nitrogens is 2. The topological polar surface area (TPSA) is 99.5 Å². The van der Waals surface area contributed by atoms with Crippen LogP contribution in [-0.2, 0) is 25.5 Å². The van der Waals surface area contributed by atoms with Crippen LogP contribution in [0.15, 0.2) is 12.5 Å². The largest absolute Gasteiger partial charge is 0.467 e. The number of methoxy groups -OCH3 is 1. The van der Waals surface area contributed by atoms with E-state index in [0.717, 1.165) is 19.3 Å². The predicted octanol–water partition coefficient (Wildman–Crippen LogP) is 3.58. The lowest BCUT2D eigenvalue weighted by atomic mass is 10.1. The van der Waals surface area contributed by atoms with E-state index >= 15 is 0 Å². The predicted molar refractivity (Wildman–Crippen MR) is 118 cm³/mol. The van der Waals surface area contributed by atoms with Crippen LogP contribution >= 0.6 is 21.6 Å². The molecule has 0 saturated carbocycles. The first-order valence-electron chi connectivity index (χ1n) is 10.1. The molecule has 2 rings (SSSR count). The van der Waals surface area contributed by atoms with Crippen molar-refractivity contribution in [1.82, 2.24) is 14.9 Å². The number of rotatable bonds is 9. The lowest BCUT2D eigenvalue weighted by Crippen LogP contribution is -2.43. The summed E-state index contributed by atoms with van der Waals surface area (Å²) < 4.78 is 11.4. The lowest BCUT2D eigenvalue weighted by molar-refractivity contribution is -0.145. The summed E-state index contributed by atoms with van der Waals surface area (Å²) in [5, 5.41) is 3.42. The Morgan fingerprint density at radius 1 is 1.33 bits per heavy atom. The summed E-state index contributed by atoms with van der Waals surface area (Å²) in [7, 11) is 5.12. The number of amides is 1. The number of ether oxygens (including phenoxy) is 2. The number of hydrogen-bond donors (Lipinski definition) is 1. The van der Waals surface area contributed by atoms with Gasteiger partial charge in [0.1, 0.15) is 18.0 Å². The molecular formula is C20H31N3O5S2. The Morgan fingerprint density at radius 3 is 2.73 bits per heavy atom. The van der Waals surface area contributed by atoms with Crippen molar-refractivity contribution >= 4 is 39.6 Å². The van der Waals surface area contributed by atoms with Gasteiger partial charge in [-0.2, -0.15) is 0 Å². The first-order valence-corrected chi connectivity index (χ1v) is 12.5. The van der Waals surface area contributed by atoms with Crippen LogP contribution in [-0.4, -0.2) is 57.3 Å². The van der Waals surface area contributed by atoms with Crippen molar-refractivity contribution in [3.8, 4) is 0 Å². The monoisotopic (exact) mass is 457 g/mol. The lowest BCUT2D eigenvalue weighted by Gasteiger charge is -2.21. The van der Waals surface area contributed by atoms with Crippen molar-refractivity contribution in [2.75, 3.05) is 12.9 Å². The van der Waals surface area contributed by atoms with E-state index in [1.807, 2.05) is 21.6 Å². The SMILES string of the molecule is COC(=O)C(Cc1cncn1C(=O)OC(C)(C)C)NC(=O)CCCCC1CCSS1. The number of hydrogen-bond acceptors (Lipinski definition) is 8. The highest BCUT2D eigenvalue weighted by Gasteiger charge is 2.26. The Kier molecular flexibility index (Phi) is 9.54. The molecule has 0 spiro atoms. The molecule has 8 nitrogen and oxygen atoms in total. The minimum Gasteiger partial charge on any atom is -0.467 e. The van der Waals surface area contributed by atoms with E-state index in [4.69, 9.17) is 9.47 Å². The van der Waals surface area contributed by atoms with Gasteiger partial charge in [-0.05, 0) is 40.0 Å². The standard InChI is InChI=1S/C20H31N3O5S2/c1-20(2,3)28-19(26)23-13-21-12-14(23)11-16(18(25)27-4)22-17(24)8-6-5-7-15-9-10-29-30-15/h12-13,15-16H,5-11H2,1-4H3,(H,22,24). The second-order valence-corrected chi connectivity index (χ2v) is 10.9. The summed E-state index contributed by atoms with van der Waals surface area (Å²) in [6.07, 6.45) is 6.75. The van der Waals surface area contributed by atoms with E-state index in [1.54, 1.807) is 20.8 Å². The van der Waals surface area contributed by atoms with Crippen LogP contribution in [0.3, 0.4) is 0 Å². The quantitative estimate of drug-likeness (QED) is 0.341. The second kappa shape index (κ2) is 11.6. The maximum absolute atomic E-state index is 12.4. The minimum atomic E-state index is -0.901. The van der Waals surface area contributed by atoms with Crippen molar-refractivity contribution in [2.45, 2.75) is 76.2 Å². The van der Waals surface area contributed by atoms with Crippen molar-refractivity contribution in [3.05, 3.63) is 18.2 Å². The summed E-state index contributed by atoms with van der Waals surface area (Å²) in [6, 6.07) is -0.901. The van der Waals surface area contributed by atoms with Gasteiger partial charge in [0.15, 0.2) is 0 Å². The van der Waals surface area contributed by atoms with Gasteiger partial charge in [-0.25, -0.2) is 19.1 Å². The number of unbranched alkanes of at least 4 members (excludes halogenated alkanes) is 1. The van der Waals surface area contributed by atoms with Gasteiger partial charge in [0.25, 0.3) is 0 Å². The molecule has 0 radical (unpaired) electrons. The number of carbonyl (C=O) groups excluding carboxylic acids is 3. The Balaban J connectivity index is 1.90. The molecule has 1 fully saturated rings. The molecule has 10 heteroatoms. The molecule has 1 aromatic heterocycles. The van der Waals surface area contributed by atoms with Gasteiger partial charge in [0.2, 0.25) is 5.91 Å². The van der Waals surface area contributed by atoms with E-state index in [0.29, 0.717) is 17.4 Å². The normalized spacial score (nSPS) is 17.4. The maximum Gasteiger partial charge on any atom is 0.420 e. The molecular weight excluding hydrogens is 426 g/mol. The highest BCUT2D eigenvalue weighted by molar-refractivity contribution is 8.77. The molecule has 1 N–H and O–H groups in total. The van der Waals surface area contributed by atoms with Crippen LogP contribution in [0.25, 0.3) is 0 Å². The van der Waals surface area contributed by atoms with Crippen LogP contribution in [0.5, 0.6) is 0 Å². The molecule has 0 aliphatic carbocycles. The van der Waals surface area contributed by atoms with Crippen LogP contribution < -0.4 is 5.32 Å². The Bertz CT molecular complexity index is 726. The Hall–Kier alpha value is -1.68. The molecule has 0 aromatic carbocycles. The first kappa shape index (κ1) is 24.6. The highest BCUT2D eigenvalue weighted by Crippen LogP contribution is 2.39. The third-order valence-corrected chi connectivity index (χ3v) is 7.45. The zero-order valence-electron chi connectivity index (χ0n) is 18.0. The molecule has 1 aromatic rings. The van der Waals surface area contributed by atoms with Gasteiger partial charge in [-0.3, -0.25) is 4.79 Å². The number of imidazole rings is 1. The van der Waals surface area contributed by atoms with E-state index < -0.39 is 23.7 Å². The van der Waals surface area contributed by atoms with Crippen molar-refractivity contribution < 1.29 is 23.9 Å². The average Bonchev–Trinajstić information content (AvgIpc) is 3.34. The van der Waals surface area contributed by atoms with E-state index in [2.05, 4.69) is 10.3 Å². The van der Waals surface area contributed by atoms with Gasteiger partial charge in [-0.1, -0.05) is 28.0 Å². The average molecular weight is 458 g/mol. The molecule has 0 bridgehead atoms. The van der Waals surface area contributed by atoms with E-state index in [9.17, 15) is 14.4 Å². The van der Waals surface area contributed by atoms with Crippen LogP contribution in [0, 0.1) is 0 Å². The Morgan fingerprint density at radius 2 is 2.10 bits per heavy atom. The van der Waals surface area contributed by atoms with Gasteiger partial charge >= 0.3 is 12.1 Å². The fourth-order valence-corrected chi connectivity index (χ4v) is 6.01. The maximum atomic E-state index is 12.4. The third kappa shape index (κ3) is 8.22. The molecule has 168 valence electrons. The third-order valence-electron chi connectivity index (χ3n) is 4.45. The van der Waals surface area contributed by atoms with Crippen molar-refractivity contribution in [1.29, 1.82) is 0 Å². The summed E-state index contributed by atoms with van der Waals surface area (Å²) in [5.74, 6) is 0.429. The number of nitrogens with one attached hydrogen (secondary N) is 1. The van der Waals surface area contributed by atoms with Gasteiger partial charge in [0, 0.05) is 30.0 Å². The first-order chi connectivity index (χ1) is 14.2. The molecule has 2 atom stereocenters. The van der Waals surface area contributed by atoms with E-state index in [1.165, 1.54) is 36.4 Å². The number of nitrogens with zero attached hydrogens (tertiary/aromatic N) is 2. The van der Waals surface area contributed by atoms with Crippen LogP contribution in [0.4, 0.5) is 4.79 Å². The summed E-state index contributed by atoms with van der Waals surface area (Å²) in [5.41, 5.74) is -0.208. The fraction of sp³-hybridized carbons (Fsp3) is 0.700. The molecule has 1 amide bonds. The zero-order valence-corrected chi connectivity index (χ0v) is 19.6. The summed E-state index contributed by atoms with van der Waals surface area (Å²) in [4.78, 5) is 40.9. The molecule has 2 unspecified atom stereocenters. The molecule has 2 heterocycles. The smallest absolute Gasteiger partial charge is 0.420 e. The van der Waals surface area contributed by atoms with Crippen LogP contribution in [0.1, 0.15) is 58.6 Å². The Labute approximate surface area is 185 Å². The molecule has 1 aliphatic rings.